The Morgan fingerprint density at radius 3 is 2.69 bits per heavy atom. The first kappa shape index (κ1) is 8.57. The molecule has 13 heavy (non-hydrogen) atoms. The third-order valence-electron chi connectivity index (χ3n) is 2.68. The summed E-state index contributed by atoms with van der Waals surface area (Å²) in [5, 5.41) is 0. The lowest BCUT2D eigenvalue weighted by Gasteiger charge is -2.18. The molecule has 2 rings (SSSR count). The number of hydrogen-bond acceptors (Lipinski definition) is 2. The number of rotatable bonds is 1. The van der Waals surface area contributed by atoms with Crippen molar-refractivity contribution in [3.8, 4) is 5.75 Å². The third-order valence-corrected chi connectivity index (χ3v) is 2.68. The van der Waals surface area contributed by atoms with Crippen LogP contribution in [-0.4, -0.2) is 12.1 Å². The van der Waals surface area contributed by atoms with Crippen LogP contribution in [0.1, 0.15) is 25.3 Å². The lowest BCUT2D eigenvalue weighted by atomic mass is 9.94. The molecule has 0 saturated carbocycles. The quantitative estimate of drug-likeness (QED) is 0.711. The Labute approximate surface area is 78.7 Å². The first-order valence-electron chi connectivity index (χ1n) is 4.71. The Balaban J connectivity index is 2.32. The van der Waals surface area contributed by atoms with Gasteiger partial charge in [-0.15, -0.1) is 0 Å². The average molecular weight is 177 g/mol. The Morgan fingerprint density at radius 2 is 2.08 bits per heavy atom. The zero-order chi connectivity index (χ0) is 9.42. The second kappa shape index (κ2) is 3.04. The Bertz CT molecular complexity index is 309. The van der Waals surface area contributed by atoms with Crippen LogP contribution in [0.25, 0.3) is 0 Å². The maximum atomic E-state index is 5.84. The SMILES string of the molecule is C[C@@H](N)[C@H]1Oc2ccccc2[C@@H]1C. The predicted octanol–water partition coefficient (Wildman–Crippen LogP) is 1.90. The van der Waals surface area contributed by atoms with Gasteiger partial charge in [0.05, 0.1) is 0 Å². The number of hydrogen-bond donors (Lipinski definition) is 1. The Hall–Kier alpha value is -1.02. The van der Waals surface area contributed by atoms with Crippen molar-refractivity contribution >= 4 is 0 Å². The topological polar surface area (TPSA) is 35.2 Å². The fraction of sp³-hybridized carbons (Fsp3) is 0.455. The highest BCUT2D eigenvalue weighted by Gasteiger charge is 2.32. The van der Waals surface area contributed by atoms with Crippen LogP contribution in [0.15, 0.2) is 24.3 Å². The van der Waals surface area contributed by atoms with Gasteiger partial charge in [0.25, 0.3) is 0 Å². The van der Waals surface area contributed by atoms with Gasteiger partial charge in [-0.2, -0.15) is 0 Å². The van der Waals surface area contributed by atoms with Crippen molar-refractivity contribution in [2.45, 2.75) is 31.9 Å². The molecule has 0 unspecified atom stereocenters. The molecule has 0 aromatic heterocycles. The maximum absolute atomic E-state index is 5.84. The van der Waals surface area contributed by atoms with Crippen LogP contribution in [-0.2, 0) is 0 Å². The molecule has 0 aliphatic carbocycles. The molecule has 0 amide bonds. The van der Waals surface area contributed by atoms with Gasteiger partial charge in [0.15, 0.2) is 0 Å². The van der Waals surface area contributed by atoms with Gasteiger partial charge in [0.1, 0.15) is 11.9 Å². The smallest absolute Gasteiger partial charge is 0.123 e. The van der Waals surface area contributed by atoms with E-state index in [-0.39, 0.29) is 12.1 Å². The van der Waals surface area contributed by atoms with E-state index < -0.39 is 0 Å². The molecule has 2 nitrogen and oxygen atoms in total. The van der Waals surface area contributed by atoms with Crippen molar-refractivity contribution in [1.82, 2.24) is 0 Å². The van der Waals surface area contributed by atoms with Crippen LogP contribution in [0, 0.1) is 0 Å². The molecular formula is C11H15NO. The van der Waals surface area contributed by atoms with Crippen LogP contribution in [0.2, 0.25) is 0 Å². The summed E-state index contributed by atoms with van der Waals surface area (Å²) in [5.74, 6) is 1.41. The summed E-state index contributed by atoms with van der Waals surface area (Å²) in [6.07, 6.45) is 0.136. The van der Waals surface area contributed by atoms with Gasteiger partial charge in [-0.25, -0.2) is 0 Å². The first-order chi connectivity index (χ1) is 6.20. The van der Waals surface area contributed by atoms with E-state index in [0.717, 1.165) is 5.75 Å². The molecule has 0 bridgehead atoms. The molecule has 2 N–H and O–H groups in total. The van der Waals surface area contributed by atoms with Crippen molar-refractivity contribution in [2.24, 2.45) is 5.73 Å². The summed E-state index contributed by atoms with van der Waals surface area (Å²) in [4.78, 5) is 0. The monoisotopic (exact) mass is 177 g/mol. The first-order valence-corrected chi connectivity index (χ1v) is 4.71. The standard InChI is InChI=1S/C11H15NO/c1-7-9-5-3-4-6-10(9)13-11(7)8(2)12/h3-8,11H,12H2,1-2H3/t7-,8+,11-/m0/s1. The zero-order valence-electron chi connectivity index (χ0n) is 8.03. The molecule has 1 aliphatic rings. The minimum Gasteiger partial charge on any atom is -0.488 e. The fourth-order valence-corrected chi connectivity index (χ4v) is 1.95. The van der Waals surface area contributed by atoms with Gasteiger partial charge in [0.2, 0.25) is 0 Å². The van der Waals surface area contributed by atoms with Gasteiger partial charge in [-0.05, 0) is 13.0 Å². The van der Waals surface area contributed by atoms with Crippen LogP contribution in [0.4, 0.5) is 0 Å². The summed E-state index contributed by atoms with van der Waals surface area (Å²) < 4.78 is 5.76. The minimum atomic E-state index is 0.0856. The molecule has 0 spiro atoms. The number of benzene rings is 1. The second-order valence-corrected chi connectivity index (χ2v) is 3.77. The third kappa shape index (κ3) is 1.31. The molecule has 0 fully saturated rings. The van der Waals surface area contributed by atoms with E-state index in [0.29, 0.717) is 5.92 Å². The van der Waals surface area contributed by atoms with Gasteiger partial charge < -0.3 is 10.5 Å². The van der Waals surface area contributed by atoms with E-state index in [2.05, 4.69) is 13.0 Å². The highest BCUT2D eigenvalue weighted by atomic mass is 16.5. The van der Waals surface area contributed by atoms with E-state index in [9.17, 15) is 0 Å². The van der Waals surface area contributed by atoms with Gasteiger partial charge in [-0.1, -0.05) is 25.1 Å². The zero-order valence-corrected chi connectivity index (χ0v) is 8.03. The van der Waals surface area contributed by atoms with E-state index in [4.69, 9.17) is 10.5 Å². The van der Waals surface area contributed by atoms with Gasteiger partial charge >= 0.3 is 0 Å². The van der Waals surface area contributed by atoms with Gasteiger partial charge in [-0.3, -0.25) is 0 Å². The molecule has 2 heteroatoms. The van der Waals surface area contributed by atoms with Crippen LogP contribution in [0.5, 0.6) is 5.75 Å². The van der Waals surface area contributed by atoms with Crippen molar-refractivity contribution in [2.75, 3.05) is 0 Å². The lowest BCUT2D eigenvalue weighted by Crippen LogP contribution is -2.36. The Morgan fingerprint density at radius 1 is 1.38 bits per heavy atom. The molecule has 70 valence electrons. The lowest BCUT2D eigenvalue weighted by molar-refractivity contribution is 0.185. The molecule has 1 aromatic carbocycles. The second-order valence-electron chi connectivity index (χ2n) is 3.77. The highest BCUT2D eigenvalue weighted by molar-refractivity contribution is 5.40. The average Bonchev–Trinajstić information content (AvgIpc) is 2.45. The van der Waals surface area contributed by atoms with Crippen LogP contribution in [0.3, 0.4) is 0 Å². The molecule has 1 aliphatic heterocycles. The number of fused-ring (bicyclic) bond motifs is 1. The van der Waals surface area contributed by atoms with Crippen molar-refractivity contribution in [1.29, 1.82) is 0 Å². The van der Waals surface area contributed by atoms with E-state index in [1.54, 1.807) is 0 Å². The van der Waals surface area contributed by atoms with E-state index >= 15 is 0 Å². The van der Waals surface area contributed by atoms with E-state index in [1.165, 1.54) is 5.56 Å². The van der Waals surface area contributed by atoms with Crippen molar-refractivity contribution in [3.63, 3.8) is 0 Å². The molecule has 1 heterocycles. The highest BCUT2D eigenvalue weighted by Crippen LogP contribution is 2.38. The summed E-state index contributed by atoms with van der Waals surface area (Å²) >= 11 is 0. The van der Waals surface area contributed by atoms with Crippen LogP contribution < -0.4 is 10.5 Å². The van der Waals surface area contributed by atoms with E-state index in [1.807, 2.05) is 25.1 Å². The summed E-state index contributed by atoms with van der Waals surface area (Å²) in [6, 6.07) is 8.25. The normalized spacial score (nSPS) is 27.9. The molecule has 3 atom stereocenters. The summed E-state index contributed by atoms with van der Waals surface area (Å²) in [6.45, 7) is 4.16. The Kier molecular flexibility index (Phi) is 2.00. The van der Waals surface area contributed by atoms with Crippen molar-refractivity contribution < 1.29 is 4.74 Å². The minimum absolute atomic E-state index is 0.0856. The van der Waals surface area contributed by atoms with Gasteiger partial charge in [0, 0.05) is 17.5 Å². The predicted molar refractivity (Wildman–Crippen MR) is 52.9 cm³/mol. The summed E-state index contributed by atoms with van der Waals surface area (Å²) in [5.41, 5.74) is 7.12. The fourth-order valence-electron chi connectivity index (χ4n) is 1.95. The number of ether oxygens (including phenoxy) is 1. The van der Waals surface area contributed by atoms with Crippen molar-refractivity contribution in [3.05, 3.63) is 29.8 Å². The molecule has 0 radical (unpaired) electrons. The van der Waals surface area contributed by atoms with Crippen LogP contribution >= 0.6 is 0 Å². The molecular weight excluding hydrogens is 162 g/mol. The molecule has 1 aromatic rings. The largest absolute Gasteiger partial charge is 0.488 e. The molecule has 0 saturated heterocycles. The maximum Gasteiger partial charge on any atom is 0.123 e. The summed E-state index contributed by atoms with van der Waals surface area (Å²) in [7, 11) is 0. The number of para-hydroxylation sites is 1. The number of nitrogens with two attached hydrogens (primary N) is 1.